The largest absolute Gasteiger partial charge is 0.393 e. The summed E-state index contributed by atoms with van der Waals surface area (Å²) in [6.45, 7) is 2.54. The minimum absolute atomic E-state index is 0.00485. The SMILES string of the molecule is O=C(NCC1CC(O)C1)c1ccc2c(c1)CNCC2. The minimum Gasteiger partial charge on any atom is -0.393 e. The van der Waals surface area contributed by atoms with Crippen LogP contribution in [-0.4, -0.2) is 30.2 Å². The van der Waals surface area contributed by atoms with E-state index >= 15 is 0 Å². The summed E-state index contributed by atoms with van der Waals surface area (Å²) < 4.78 is 0. The van der Waals surface area contributed by atoms with Gasteiger partial charge in [-0.1, -0.05) is 6.07 Å². The molecule has 4 heteroatoms. The van der Waals surface area contributed by atoms with Gasteiger partial charge in [0, 0.05) is 18.7 Å². The minimum atomic E-state index is -0.156. The van der Waals surface area contributed by atoms with E-state index in [1.165, 1.54) is 11.1 Å². The van der Waals surface area contributed by atoms with Crippen molar-refractivity contribution in [2.45, 2.75) is 31.9 Å². The molecule has 19 heavy (non-hydrogen) atoms. The zero-order valence-electron chi connectivity index (χ0n) is 11.0. The lowest BCUT2D eigenvalue weighted by Gasteiger charge is -2.31. The molecular formula is C15H20N2O2. The van der Waals surface area contributed by atoms with E-state index in [0.29, 0.717) is 12.5 Å². The quantitative estimate of drug-likeness (QED) is 0.754. The fourth-order valence-corrected chi connectivity index (χ4v) is 2.83. The molecule has 0 saturated heterocycles. The topological polar surface area (TPSA) is 61.4 Å². The molecule has 0 aromatic heterocycles. The van der Waals surface area contributed by atoms with Crippen molar-refractivity contribution in [2.75, 3.05) is 13.1 Å². The van der Waals surface area contributed by atoms with Crippen LogP contribution in [0.15, 0.2) is 18.2 Å². The van der Waals surface area contributed by atoms with E-state index in [9.17, 15) is 9.90 Å². The number of hydrogen-bond donors (Lipinski definition) is 3. The average Bonchev–Trinajstić information content (AvgIpc) is 2.41. The van der Waals surface area contributed by atoms with Crippen LogP contribution in [0.3, 0.4) is 0 Å². The molecule has 102 valence electrons. The molecule has 1 aromatic rings. The number of benzene rings is 1. The van der Waals surface area contributed by atoms with E-state index in [2.05, 4.69) is 16.7 Å². The second-order valence-corrected chi connectivity index (χ2v) is 5.61. The maximum Gasteiger partial charge on any atom is 0.251 e. The van der Waals surface area contributed by atoms with Crippen LogP contribution in [0.4, 0.5) is 0 Å². The van der Waals surface area contributed by atoms with Crippen LogP contribution in [-0.2, 0) is 13.0 Å². The van der Waals surface area contributed by atoms with Gasteiger partial charge in [-0.25, -0.2) is 0 Å². The molecule has 1 saturated carbocycles. The van der Waals surface area contributed by atoms with Gasteiger partial charge in [-0.05, 0) is 55.0 Å². The first-order valence-corrected chi connectivity index (χ1v) is 7.01. The van der Waals surface area contributed by atoms with Gasteiger partial charge >= 0.3 is 0 Å². The molecule has 1 heterocycles. The highest BCUT2D eigenvalue weighted by molar-refractivity contribution is 5.94. The van der Waals surface area contributed by atoms with Crippen LogP contribution in [0.2, 0.25) is 0 Å². The van der Waals surface area contributed by atoms with Crippen molar-refractivity contribution in [3.8, 4) is 0 Å². The molecule has 0 radical (unpaired) electrons. The number of fused-ring (bicyclic) bond motifs is 1. The summed E-state index contributed by atoms with van der Waals surface area (Å²) in [6, 6.07) is 5.97. The Hall–Kier alpha value is -1.39. The number of aliphatic hydroxyl groups excluding tert-OH is 1. The van der Waals surface area contributed by atoms with E-state index in [4.69, 9.17) is 0 Å². The first-order valence-electron chi connectivity index (χ1n) is 7.01. The molecule has 1 aromatic carbocycles. The molecule has 3 rings (SSSR count). The second kappa shape index (κ2) is 5.31. The third-order valence-corrected chi connectivity index (χ3v) is 4.12. The van der Waals surface area contributed by atoms with Crippen LogP contribution in [0, 0.1) is 5.92 Å². The zero-order valence-corrected chi connectivity index (χ0v) is 11.0. The maximum absolute atomic E-state index is 12.1. The number of carbonyl (C=O) groups is 1. The summed E-state index contributed by atoms with van der Waals surface area (Å²) in [6.07, 6.45) is 2.51. The van der Waals surface area contributed by atoms with Crippen molar-refractivity contribution in [1.29, 1.82) is 0 Å². The van der Waals surface area contributed by atoms with E-state index in [1.807, 2.05) is 12.1 Å². The Morgan fingerprint density at radius 3 is 3.00 bits per heavy atom. The van der Waals surface area contributed by atoms with Gasteiger partial charge in [0.2, 0.25) is 0 Å². The molecule has 0 atom stereocenters. The van der Waals surface area contributed by atoms with E-state index < -0.39 is 0 Å². The Bertz CT molecular complexity index is 481. The Balaban J connectivity index is 1.60. The van der Waals surface area contributed by atoms with Crippen LogP contribution in [0.5, 0.6) is 0 Å². The van der Waals surface area contributed by atoms with E-state index in [-0.39, 0.29) is 12.0 Å². The van der Waals surface area contributed by atoms with Gasteiger partial charge in [0.25, 0.3) is 5.91 Å². The van der Waals surface area contributed by atoms with Gasteiger partial charge in [-0.2, -0.15) is 0 Å². The Morgan fingerprint density at radius 2 is 2.21 bits per heavy atom. The molecule has 4 nitrogen and oxygen atoms in total. The summed E-state index contributed by atoms with van der Waals surface area (Å²) in [5.74, 6) is 0.438. The first kappa shape index (κ1) is 12.6. The molecule has 2 aliphatic rings. The summed E-state index contributed by atoms with van der Waals surface area (Å²) in [5.41, 5.74) is 3.32. The average molecular weight is 260 g/mol. The van der Waals surface area contributed by atoms with Crippen molar-refractivity contribution in [2.24, 2.45) is 5.92 Å². The second-order valence-electron chi connectivity index (χ2n) is 5.61. The van der Waals surface area contributed by atoms with Crippen LogP contribution < -0.4 is 10.6 Å². The standard InChI is InChI=1S/C15H20N2O2/c18-14-5-10(6-14)8-17-15(19)12-2-1-11-3-4-16-9-13(11)7-12/h1-2,7,10,14,16,18H,3-6,8-9H2,(H,17,19). The molecule has 1 fully saturated rings. The number of rotatable bonds is 3. The van der Waals surface area contributed by atoms with E-state index in [0.717, 1.165) is 37.9 Å². The normalized spacial score (nSPS) is 25.3. The number of hydrogen-bond acceptors (Lipinski definition) is 3. The summed E-state index contributed by atoms with van der Waals surface area (Å²) in [4.78, 5) is 12.1. The van der Waals surface area contributed by atoms with Gasteiger partial charge in [0.15, 0.2) is 0 Å². The highest BCUT2D eigenvalue weighted by atomic mass is 16.3. The molecule has 1 aliphatic carbocycles. The lowest BCUT2D eigenvalue weighted by molar-refractivity contribution is 0.0420. The van der Waals surface area contributed by atoms with Crippen LogP contribution >= 0.6 is 0 Å². The maximum atomic E-state index is 12.1. The van der Waals surface area contributed by atoms with Gasteiger partial charge in [-0.15, -0.1) is 0 Å². The van der Waals surface area contributed by atoms with Crippen LogP contribution in [0.25, 0.3) is 0 Å². The van der Waals surface area contributed by atoms with Crippen molar-refractivity contribution < 1.29 is 9.90 Å². The van der Waals surface area contributed by atoms with Crippen molar-refractivity contribution >= 4 is 5.91 Å². The molecule has 1 aliphatic heterocycles. The van der Waals surface area contributed by atoms with Gasteiger partial charge in [0.1, 0.15) is 0 Å². The van der Waals surface area contributed by atoms with Crippen LogP contribution in [0.1, 0.15) is 34.3 Å². The Kier molecular flexibility index (Phi) is 3.53. The summed E-state index contributed by atoms with van der Waals surface area (Å²) in [5, 5.41) is 15.5. The first-order chi connectivity index (χ1) is 9.22. The van der Waals surface area contributed by atoms with Crippen molar-refractivity contribution in [3.63, 3.8) is 0 Å². The third-order valence-electron chi connectivity index (χ3n) is 4.12. The molecule has 0 unspecified atom stereocenters. The molecule has 3 N–H and O–H groups in total. The highest BCUT2D eigenvalue weighted by Crippen LogP contribution is 2.26. The van der Waals surface area contributed by atoms with E-state index in [1.54, 1.807) is 0 Å². The predicted octanol–water partition coefficient (Wildman–Crippen LogP) is 0.833. The summed E-state index contributed by atoms with van der Waals surface area (Å²) in [7, 11) is 0. The predicted molar refractivity (Wildman–Crippen MR) is 72.9 cm³/mol. The monoisotopic (exact) mass is 260 g/mol. The lowest BCUT2D eigenvalue weighted by atomic mass is 9.82. The number of nitrogens with one attached hydrogen (secondary N) is 2. The van der Waals surface area contributed by atoms with Gasteiger partial charge in [0.05, 0.1) is 6.10 Å². The number of amides is 1. The zero-order chi connectivity index (χ0) is 13.2. The lowest BCUT2D eigenvalue weighted by Crippen LogP contribution is -2.38. The highest BCUT2D eigenvalue weighted by Gasteiger charge is 2.27. The van der Waals surface area contributed by atoms with Gasteiger partial charge < -0.3 is 15.7 Å². The molecule has 0 bridgehead atoms. The molecule has 1 amide bonds. The van der Waals surface area contributed by atoms with Gasteiger partial charge in [-0.3, -0.25) is 4.79 Å². The fourth-order valence-electron chi connectivity index (χ4n) is 2.83. The van der Waals surface area contributed by atoms with Crippen molar-refractivity contribution in [3.05, 3.63) is 34.9 Å². The molecule has 0 spiro atoms. The third kappa shape index (κ3) is 2.80. The smallest absolute Gasteiger partial charge is 0.251 e. The van der Waals surface area contributed by atoms with Crippen molar-refractivity contribution in [1.82, 2.24) is 10.6 Å². The number of carbonyl (C=O) groups excluding carboxylic acids is 1. The fraction of sp³-hybridized carbons (Fsp3) is 0.533. The Labute approximate surface area is 113 Å². The Morgan fingerprint density at radius 1 is 1.37 bits per heavy atom. The summed E-state index contributed by atoms with van der Waals surface area (Å²) >= 11 is 0. The molecular weight excluding hydrogens is 240 g/mol. The number of aliphatic hydroxyl groups is 1.